The molecule has 1 aromatic rings. The van der Waals surface area contributed by atoms with E-state index in [-0.39, 0.29) is 17.1 Å². The molecule has 0 spiro atoms. The first-order chi connectivity index (χ1) is 7.42. The van der Waals surface area contributed by atoms with Gasteiger partial charge in [0.05, 0.1) is 0 Å². The summed E-state index contributed by atoms with van der Waals surface area (Å²) in [5, 5.41) is 14.8. The normalized spacial score (nSPS) is 16.8. The van der Waals surface area contributed by atoms with Crippen molar-refractivity contribution in [1.29, 1.82) is 10.8 Å². The van der Waals surface area contributed by atoms with Gasteiger partial charge in [-0.2, -0.15) is 0 Å². The van der Waals surface area contributed by atoms with E-state index < -0.39 is 0 Å². The van der Waals surface area contributed by atoms with Crippen molar-refractivity contribution in [3.63, 3.8) is 0 Å². The maximum atomic E-state index is 7.40. The topological polar surface area (TPSA) is 113 Å². The number of pyridine rings is 1. The van der Waals surface area contributed by atoms with Crippen LogP contribution in [-0.4, -0.2) is 16.7 Å². The molecule has 6 N–H and O–H groups in total. The monoisotopic (exact) mass is 217 g/mol. The van der Waals surface area contributed by atoms with Gasteiger partial charge in [0.15, 0.2) is 0 Å². The Balaban J connectivity index is 2.53. The quantitative estimate of drug-likeness (QED) is 0.441. The molecule has 0 unspecified atom stereocenters. The van der Waals surface area contributed by atoms with Gasteiger partial charge in [-0.1, -0.05) is 6.92 Å². The summed E-state index contributed by atoms with van der Waals surface area (Å²) in [5.41, 5.74) is 12.9. The molecule has 84 valence electrons. The van der Waals surface area contributed by atoms with Crippen molar-refractivity contribution in [1.82, 2.24) is 4.98 Å². The molecule has 1 saturated carbocycles. The molecule has 0 atom stereocenters. The summed E-state index contributed by atoms with van der Waals surface area (Å²) >= 11 is 0. The van der Waals surface area contributed by atoms with E-state index in [1.807, 2.05) is 12.1 Å². The van der Waals surface area contributed by atoms with Crippen molar-refractivity contribution in [3.05, 3.63) is 29.1 Å². The first-order valence-electron chi connectivity index (χ1n) is 5.14. The van der Waals surface area contributed by atoms with Crippen LogP contribution >= 0.6 is 0 Å². The number of aromatic nitrogens is 1. The van der Waals surface area contributed by atoms with Crippen molar-refractivity contribution >= 4 is 11.7 Å². The fourth-order valence-corrected chi connectivity index (χ4v) is 1.63. The smallest absolute Gasteiger partial charge is 0.141 e. The number of hydrogen-bond donors (Lipinski definition) is 4. The van der Waals surface area contributed by atoms with Gasteiger partial charge in [0.1, 0.15) is 23.1 Å². The van der Waals surface area contributed by atoms with Crippen LogP contribution < -0.4 is 11.5 Å². The van der Waals surface area contributed by atoms with Gasteiger partial charge in [-0.05, 0) is 36.0 Å². The summed E-state index contributed by atoms with van der Waals surface area (Å²) in [5.74, 6) is -0.179. The van der Waals surface area contributed by atoms with Gasteiger partial charge in [-0.15, -0.1) is 0 Å². The Morgan fingerprint density at radius 3 is 1.94 bits per heavy atom. The van der Waals surface area contributed by atoms with Crippen LogP contribution in [-0.2, 0) is 5.41 Å². The van der Waals surface area contributed by atoms with E-state index in [1.165, 1.54) is 0 Å². The number of hydrogen-bond acceptors (Lipinski definition) is 3. The summed E-state index contributed by atoms with van der Waals surface area (Å²) in [4.78, 5) is 4.07. The molecule has 1 aliphatic rings. The zero-order valence-corrected chi connectivity index (χ0v) is 9.17. The highest BCUT2D eigenvalue weighted by Gasteiger charge is 2.39. The lowest BCUT2D eigenvalue weighted by atomic mass is 9.97. The Morgan fingerprint density at radius 1 is 1.19 bits per heavy atom. The average Bonchev–Trinajstić information content (AvgIpc) is 2.97. The van der Waals surface area contributed by atoms with Crippen molar-refractivity contribution in [2.75, 3.05) is 0 Å². The van der Waals surface area contributed by atoms with Gasteiger partial charge in [-0.3, -0.25) is 10.8 Å². The fraction of sp³-hybridized carbons (Fsp3) is 0.364. The zero-order chi connectivity index (χ0) is 11.9. The molecule has 0 radical (unpaired) electrons. The number of nitrogens with one attached hydrogen (secondary N) is 2. The Labute approximate surface area is 93.9 Å². The second-order valence-electron chi connectivity index (χ2n) is 4.51. The highest BCUT2D eigenvalue weighted by Crippen LogP contribution is 2.47. The van der Waals surface area contributed by atoms with E-state index >= 15 is 0 Å². The molecular weight excluding hydrogens is 202 g/mol. The molecule has 1 aromatic heterocycles. The molecule has 0 aromatic carbocycles. The third-order valence-corrected chi connectivity index (χ3v) is 3.07. The molecule has 0 saturated heterocycles. The lowest BCUT2D eigenvalue weighted by Gasteiger charge is -2.12. The van der Waals surface area contributed by atoms with Crippen LogP contribution in [0.4, 0.5) is 0 Å². The SMILES string of the molecule is CC1(c2cc(C(=N)N)nc(C(=N)N)c2)CC1. The maximum Gasteiger partial charge on any atom is 0.141 e. The minimum absolute atomic E-state index is 0.0893. The predicted molar refractivity (Wildman–Crippen MR) is 62.9 cm³/mol. The Hall–Kier alpha value is -1.91. The van der Waals surface area contributed by atoms with Crippen LogP contribution in [0.1, 0.15) is 36.7 Å². The molecule has 1 aliphatic carbocycles. The number of nitrogen functional groups attached to an aromatic ring is 2. The first-order valence-corrected chi connectivity index (χ1v) is 5.14. The molecule has 5 nitrogen and oxygen atoms in total. The Bertz CT molecular complexity index is 441. The number of rotatable bonds is 3. The molecule has 0 amide bonds. The van der Waals surface area contributed by atoms with Crippen LogP contribution in [0.15, 0.2) is 12.1 Å². The summed E-state index contributed by atoms with van der Waals surface area (Å²) in [6, 6.07) is 3.64. The molecule has 0 aliphatic heterocycles. The molecular formula is C11H15N5. The van der Waals surface area contributed by atoms with Gasteiger partial charge in [0.2, 0.25) is 0 Å². The fourth-order valence-electron chi connectivity index (χ4n) is 1.63. The first kappa shape index (κ1) is 10.6. The highest BCUT2D eigenvalue weighted by molar-refractivity contribution is 5.97. The van der Waals surface area contributed by atoms with E-state index in [0.717, 1.165) is 18.4 Å². The van der Waals surface area contributed by atoms with Crippen LogP contribution in [0.2, 0.25) is 0 Å². The van der Waals surface area contributed by atoms with Crippen LogP contribution in [0.25, 0.3) is 0 Å². The summed E-state index contributed by atoms with van der Waals surface area (Å²) in [6.07, 6.45) is 2.23. The van der Waals surface area contributed by atoms with Gasteiger partial charge in [-0.25, -0.2) is 4.98 Å². The standard InChI is InChI=1S/C11H15N5/c1-11(2-3-11)6-4-7(9(12)13)16-8(5-6)10(14)15/h4-5H,2-3H2,1H3,(H3,12,13)(H3,14,15). The third kappa shape index (κ3) is 1.76. The van der Waals surface area contributed by atoms with Crippen LogP contribution in [0.5, 0.6) is 0 Å². The molecule has 2 rings (SSSR count). The number of nitrogens with zero attached hydrogens (tertiary/aromatic N) is 1. The average molecular weight is 217 g/mol. The summed E-state index contributed by atoms with van der Waals surface area (Å²) in [7, 11) is 0. The van der Waals surface area contributed by atoms with E-state index in [9.17, 15) is 0 Å². The van der Waals surface area contributed by atoms with Gasteiger partial charge in [0, 0.05) is 0 Å². The van der Waals surface area contributed by atoms with Crippen molar-refractivity contribution < 1.29 is 0 Å². The molecule has 1 heterocycles. The van der Waals surface area contributed by atoms with Crippen molar-refractivity contribution in [2.24, 2.45) is 11.5 Å². The van der Waals surface area contributed by atoms with Crippen molar-refractivity contribution in [3.8, 4) is 0 Å². The van der Waals surface area contributed by atoms with E-state index in [2.05, 4.69) is 11.9 Å². The van der Waals surface area contributed by atoms with Gasteiger partial charge in [0.25, 0.3) is 0 Å². The molecule has 1 fully saturated rings. The second-order valence-corrected chi connectivity index (χ2v) is 4.51. The van der Waals surface area contributed by atoms with Crippen LogP contribution in [0.3, 0.4) is 0 Å². The largest absolute Gasteiger partial charge is 0.382 e. The second kappa shape index (κ2) is 3.30. The summed E-state index contributed by atoms with van der Waals surface area (Å²) < 4.78 is 0. The lowest BCUT2D eigenvalue weighted by Crippen LogP contribution is -2.20. The number of amidine groups is 2. The zero-order valence-electron chi connectivity index (χ0n) is 9.17. The maximum absolute atomic E-state index is 7.40. The van der Waals surface area contributed by atoms with E-state index in [0.29, 0.717) is 11.4 Å². The molecule has 0 bridgehead atoms. The minimum atomic E-state index is -0.0893. The van der Waals surface area contributed by atoms with Crippen LogP contribution in [0, 0.1) is 10.8 Å². The lowest BCUT2D eigenvalue weighted by molar-refractivity contribution is 0.783. The Morgan fingerprint density at radius 2 is 1.62 bits per heavy atom. The van der Waals surface area contributed by atoms with E-state index in [1.54, 1.807) is 0 Å². The van der Waals surface area contributed by atoms with Gasteiger partial charge >= 0.3 is 0 Å². The molecule has 5 heteroatoms. The Kier molecular flexibility index (Phi) is 2.18. The molecule has 16 heavy (non-hydrogen) atoms. The highest BCUT2D eigenvalue weighted by atomic mass is 14.9. The third-order valence-electron chi connectivity index (χ3n) is 3.07. The van der Waals surface area contributed by atoms with Gasteiger partial charge < -0.3 is 11.5 Å². The van der Waals surface area contributed by atoms with E-state index in [4.69, 9.17) is 22.3 Å². The summed E-state index contributed by atoms with van der Waals surface area (Å²) in [6.45, 7) is 2.15. The van der Waals surface area contributed by atoms with Crippen molar-refractivity contribution in [2.45, 2.75) is 25.2 Å². The minimum Gasteiger partial charge on any atom is -0.382 e. The number of nitrogens with two attached hydrogens (primary N) is 2. The predicted octanol–water partition coefficient (Wildman–Crippen LogP) is 0.701.